The molecule has 1 fully saturated rings. The Hall–Kier alpha value is -1.47. The molecule has 2 aliphatic heterocycles. The zero-order valence-corrected chi connectivity index (χ0v) is 14.4. The smallest absolute Gasteiger partial charge is 0.414 e. The minimum atomic E-state index is -0.526. The Kier molecular flexibility index (Phi) is 4.87. The van der Waals surface area contributed by atoms with Crippen molar-refractivity contribution in [3.63, 3.8) is 0 Å². The van der Waals surface area contributed by atoms with Crippen LogP contribution in [0.5, 0.6) is 0 Å². The molecule has 0 aliphatic carbocycles. The molecule has 0 radical (unpaired) electrons. The van der Waals surface area contributed by atoms with Crippen LogP contribution in [0, 0.1) is 5.92 Å². The number of ether oxygens (including phenoxy) is 1. The van der Waals surface area contributed by atoms with E-state index in [1.165, 1.54) is 17.1 Å². The van der Waals surface area contributed by atoms with Gasteiger partial charge in [-0.25, -0.2) is 9.86 Å². The number of hydrogen-bond acceptors (Lipinski definition) is 5. The quantitative estimate of drug-likeness (QED) is 0.729. The van der Waals surface area contributed by atoms with Crippen LogP contribution in [0.15, 0.2) is 22.8 Å². The minimum absolute atomic E-state index is 0.0737. The lowest BCUT2D eigenvalue weighted by atomic mass is 9.98. The van der Waals surface area contributed by atoms with Crippen LogP contribution in [0.4, 0.5) is 4.79 Å². The van der Waals surface area contributed by atoms with Gasteiger partial charge in [-0.1, -0.05) is 6.08 Å². The van der Waals surface area contributed by atoms with Crippen molar-refractivity contribution in [3.8, 4) is 0 Å². The van der Waals surface area contributed by atoms with E-state index >= 15 is 0 Å². The third kappa shape index (κ3) is 3.64. The lowest BCUT2D eigenvalue weighted by molar-refractivity contribution is -0.171. The van der Waals surface area contributed by atoms with E-state index in [1.807, 2.05) is 26.8 Å². The van der Waals surface area contributed by atoms with Gasteiger partial charge in [0.25, 0.3) is 5.91 Å². The Balaban J connectivity index is 2.08. The highest BCUT2D eigenvalue weighted by Gasteiger charge is 2.36. The van der Waals surface area contributed by atoms with Gasteiger partial charge in [-0.15, -0.1) is 11.8 Å². The molecule has 0 aromatic heterocycles. The number of thioether (sulfide) groups is 1. The number of nitrogens with zero attached hydrogens (tertiary/aromatic N) is 2. The Morgan fingerprint density at radius 2 is 2.09 bits per heavy atom. The molecule has 2 rings (SSSR count). The summed E-state index contributed by atoms with van der Waals surface area (Å²) in [5, 5.41) is 1.25. The second-order valence-corrected chi connectivity index (χ2v) is 7.23. The number of hydroxylamine groups is 2. The first-order valence-electron chi connectivity index (χ1n) is 7.09. The maximum absolute atomic E-state index is 12.2. The molecule has 1 atom stereocenters. The summed E-state index contributed by atoms with van der Waals surface area (Å²) in [5.41, 5.74) is 0.445. The summed E-state index contributed by atoms with van der Waals surface area (Å²) in [5.74, 6) is 0.365. The molecule has 7 heteroatoms. The molecular weight excluding hydrogens is 304 g/mol. The monoisotopic (exact) mass is 326 g/mol. The molecule has 0 bridgehead atoms. The fourth-order valence-corrected chi connectivity index (χ4v) is 3.49. The van der Waals surface area contributed by atoms with Gasteiger partial charge >= 0.3 is 6.09 Å². The molecule has 1 unspecified atom stereocenters. The van der Waals surface area contributed by atoms with Gasteiger partial charge in [-0.05, 0) is 26.3 Å². The van der Waals surface area contributed by atoms with Gasteiger partial charge in [0.1, 0.15) is 5.60 Å². The normalized spacial score (nSPS) is 21.0. The summed E-state index contributed by atoms with van der Waals surface area (Å²) in [6, 6.07) is 0. The van der Waals surface area contributed by atoms with E-state index < -0.39 is 5.60 Å². The minimum Gasteiger partial charge on any atom is -0.443 e. The van der Waals surface area contributed by atoms with E-state index in [0.29, 0.717) is 12.3 Å². The van der Waals surface area contributed by atoms with Crippen LogP contribution in [-0.2, 0) is 14.4 Å². The first kappa shape index (κ1) is 16.9. The predicted molar refractivity (Wildman–Crippen MR) is 84.8 cm³/mol. The number of fused-ring (bicyclic) bond motifs is 1. The van der Waals surface area contributed by atoms with E-state index in [2.05, 4.69) is 0 Å². The van der Waals surface area contributed by atoms with Crippen LogP contribution < -0.4 is 0 Å². The second kappa shape index (κ2) is 6.34. The topological polar surface area (TPSA) is 59.1 Å². The Labute approximate surface area is 135 Å². The van der Waals surface area contributed by atoms with Gasteiger partial charge in [-0.3, -0.25) is 14.5 Å². The molecule has 0 aromatic rings. The molecule has 2 amide bonds. The number of carbonyl (C=O) groups is 2. The fraction of sp³-hybridized carbons (Fsp3) is 0.600. The molecule has 1 saturated heterocycles. The number of amides is 2. The molecule has 122 valence electrons. The van der Waals surface area contributed by atoms with E-state index in [0.717, 1.165) is 10.5 Å². The lowest BCUT2D eigenvalue weighted by Gasteiger charge is -2.27. The standard InChI is InChI=1S/C15H22N2O4S/c1-15(2,3)21-14(19)17-7-6-10-11(9-22-12(10)8-17)13(18)16(4)20-5/h6,8,11H,7,9H2,1-5H3. The maximum Gasteiger partial charge on any atom is 0.414 e. The van der Waals surface area contributed by atoms with Gasteiger partial charge in [0, 0.05) is 30.5 Å². The summed E-state index contributed by atoms with van der Waals surface area (Å²) in [6.45, 7) is 5.92. The molecular formula is C15H22N2O4S. The van der Waals surface area contributed by atoms with Crippen molar-refractivity contribution in [3.05, 3.63) is 22.8 Å². The average molecular weight is 326 g/mol. The van der Waals surface area contributed by atoms with E-state index in [4.69, 9.17) is 9.57 Å². The van der Waals surface area contributed by atoms with Gasteiger partial charge < -0.3 is 4.74 Å². The van der Waals surface area contributed by atoms with Crippen molar-refractivity contribution in [2.75, 3.05) is 26.5 Å². The molecule has 22 heavy (non-hydrogen) atoms. The summed E-state index contributed by atoms with van der Waals surface area (Å²) in [4.78, 5) is 31.8. The lowest BCUT2D eigenvalue weighted by Crippen LogP contribution is -2.36. The highest BCUT2D eigenvalue weighted by Crippen LogP contribution is 2.42. The zero-order valence-electron chi connectivity index (χ0n) is 13.6. The fourth-order valence-electron chi connectivity index (χ4n) is 2.23. The van der Waals surface area contributed by atoms with Crippen LogP contribution in [0.2, 0.25) is 0 Å². The van der Waals surface area contributed by atoms with Crippen LogP contribution in [0.1, 0.15) is 20.8 Å². The summed E-state index contributed by atoms with van der Waals surface area (Å²) >= 11 is 1.57. The van der Waals surface area contributed by atoms with Gasteiger partial charge in [0.05, 0.1) is 13.0 Å². The first-order chi connectivity index (χ1) is 10.2. The predicted octanol–water partition coefficient (Wildman–Crippen LogP) is 2.39. The molecule has 0 N–H and O–H groups in total. The van der Waals surface area contributed by atoms with Gasteiger partial charge in [0.15, 0.2) is 0 Å². The Morgan fingerprint density at radius 1 is 1.41 bits per heavy atom. The first-order valence-corrected chi connectivity index (χ1v) is 8.08. The number of rotatable bonds is 2. The number of allylic oxidation sites excluding steroid dienone is 1. The van der Waals surface area contributed by atoms with Crippen molar-refractivity contribution >= 4 is 23.8 Å². The van der Waals surface area contributed by atoms with Crippen LogP contribution >= 0.6 is 11.8 Å². The maximum atomic E-state index is 12.2. The van der Waals surface area contributed by atoms with E-state index in [1.54, 1.807) is 25.0 Å². The second-order valence-electron chi connectivity index (χ2n) is 6.17. The average Bonchev–Trinajstić information content (AvgIpc) is 2.86. The molecule has 2 aliphatic rings. The van der Waals surface area contributed by atoms with Crippen molar-refractivity contribution in [1.29, 1.82) is 0 Å². The van der Waals surface area contributed by atoms with E-state index in [9.17, 15) is 9.59 Å². The van der Waals surface area contributed by atoms with E-state index in [-0.39, 0.29) is 17.9 Å². The van der Waals surface area contributed by atoms with Crippen LogP contribution in [-0.4, -0.2) is 54.0 Å². The molecule has 6 nitrogen and oxygen atoms in total. The summed E-state index contributed by atoms with van der Waals surface area (Å²) in [6.07, 6.45) is 3.32. The Bertz CT molecular complexity index is 536. The molecule has 0 spiro atoms. The highest BCUT2D eigenvalue weighted by atomic mass is 32.2. The number of carbonyl (C=O) groups excluding carboxylic acids is 2. The van der Waals surface area contributed by atoms with Crippen LogP contribution in [0.25, 0.3) is 0 Å². The van der Waals surface area contributed by atoms with Crippen molar-refractivity contribution in [1.82, 2.24) is 9.96 Å². The number of hydrogen-bond donors (Lipinski definition) is 0. The van der Waals surface area contributed by atoms with Crippen LogP contribution in [0.3, 0.4) is 0 Å². The molecule has 0 saturated carbocycles. The van der Waals surface area contributed by atoms with Crippen molar-refractivity contribution in [2.45, 2.75) is 26.4 Å². The summed E-state index contributed by atoms with van der Waals surface area (Å²) in [7, 11) is 3.07. The zero-order chi connectivity index (χ0) is 16.5. The largest absolute Gasteiger partial charge is 0.443 e. The SMILES string of the molecule is CON(C)C(=O)C1CSC2=CN(C(=O)OC(C)(C)C)CC=C21. The van der Waals surface area contributed by atoms with Crippen molar-refractivity contribution < 1.29 is 19.2 Å². The van der Waals surface area contributed by atoms with Gasteiger partial charge in [-0.2, -0.15) is 0 Å². The third-order valence-electron chi connectivity index (χ3n) is 3.36. The van der Waals surface area contributed by atoms with Crippen molar-refractivity contribution in [2.24, 2.45) is 5.92 Å². The Morgan fingerprint density at radius 3 is 2.68 bits per heavy atom. The highest BCUT2D eigenvalue weighted by molar-refractivity contribution is 8.03. The summed E-state index contributed by atoms with van der Waals surface area (Å²) < 4.78 is 5.36. The van der Waals surface area contributed by atoms with Gasteiger partial charge in [0.2, 0.25) is 0 Å². The molecule has 2 heterocycles. The third-order valence-corrected chi connectivity index (χ3v) is 4.51. The molecule has 0 aromatic carbocycles.